The van der Waals surface area contributed by atoms with Gasteiger partial charge in [-0.3, -0.25) is 0 Å². The van der Waals surface area contributed by atoms with Crippen LogP contribution in [0.3, 0.4) is 0 Å². The quantitative estimate of drug-likeness (QED) is 0.148. The van der Waals surface area contributed by atoms with Gasteiger partial charge in [0.1, 0.15) is 13.1 Å². The second kappa shape index (κ2) is 19.3. The first kappa shape index (κ1) is 25.5. The van der Waals surface area contributed by atoms with Crippen molar-refractivity contribution in [3.63, 3.8) is 0 Å². The first-order valence-electron chi connectivity index (χ1n) is 12.5. The van der Waals surface area contributed by atoms with Gasteiger partial charge in [-0.05, 0) is 0 Å². The number of rotatable bonds is 20. The second-order valence-corrected chi connectivity index (χ2v) is 14.9. The zero-order valence-electron chi connectivity index (χ0n) is 18.7. The van der Waals surface area contributed by atoms with Crippen LogP contribution >= 0.6 is 0 Å². The van der Waals surface area contributed by atoms with Crippen molar-refractivity contribution in [3.8, 4) is 0 Å². The van der Waals surface area contributed by atoms with Crippen molar-refractivity contribution in [2.24, 2.45) is 0 Å². The third-order valence-electron chi connectivity index (χ3n) is 6.68. The van der Waals surface area contributed by atoms with Crippen molar-refractivity contribution < 1.29 is 0 Å². The molecular formula is C24H52Al-. The average molecular weight is 368 g/mol. The summed E-state index contributed by atoms with van der Waals surface area (Å²) in [5.41, 5.74) is 0. The summed E-state index contributed by atoms with van der Waals surface area (Å²) < 4.78 is 0. The fraction of sp³-hybridized carbons (Fsp3) is 1.00. The van der Waals surface area contributed by atoms with Gasteiger partial charge in [-0.1, -0.05) is 130 Å². The minimum Gasteiger partial charge on any atom is -0.191 e. The zero-order chi connectivity index (χ0) is 18.6. The maximum atomic E-state index is 2.35. The Hall–Kier alpha value is 0.532. The first-order valence-corrected chi connectivity index (χ1v) is 15.7. The predicted octanol–water partition coefficient (Wildman–Crippen LogP) is 9.76. The van der Waals surface area contributed by atoms with Crippen molar-refractivity contribution in [1.82, 2.24) is 0 Å². The lowest BCUT2D eigenvalue weighted by Gasteiger charge is -2.37. The van der Waals surface area contributed by atoms with Crippen LogP contribution in [0.15, 0.2) is 0 Å². The molecule has 0 fully saturated rings. The Morgan fingerprint density at radius 2 is 0.560 bits per heavy atom. The molecule has 0 unspecified atom stereocenters. The first-order chi connectivity index (χ1) is 12.2. The van der Waals surface area contributed by atoms with E-state index in [0.29, 0.717) is 0 Å². The molecule has 0 nitrogen and oxygen atoms in total. The Morgan fingerprint density at radius 1 is 0.320 bits per heavy atom. The Balaban J connectivity index is 4.62. The molecule has 0 aromatic carbocycles. The van der Waals surface area contributed by atoms with E-state index in [4.69, 9.17) is 0 Å². The molecule has 0 bridgehead atoms. The zero-order valence-corrected chi connectivity index (χ0v) is 19.9. The molecule has 0 aromatic rings. The number of hydrogen-bond acceptors (Lipinski definition) is 0. The third kappa shape index (κ3) is 15.3. The van der Waals surface area contributed by atoms with Crippen molar-refractivity contribution in [1.29, 1.82) is 0 Å². The molecule has 0 saturated heterocycles. The molecule has 152 valence electrons. The van der Waals surface area contributed by atoms with Crippen LogP contribution in [-0.4, -0.2) is 13.1 Å². The summed E-state index contributed by atoms with van der Waals surface area (Å²) in [5, 5.41) is 6.77. The van der Waals surface area contributed by atoms with Crippen molar-refractivity contribution in [3.05, 3.63) is 0 Å². The molecular weight excluding hydrogens is 315 g/mol. The van der Waals surface area contributed by atoms with Gasteiger partial charge >= 0.3 is 0 Å². The Bertz CT molecular complexity index is 195. The Morgan fingerprint density at radius 3 is 0.760 bits per heavy atom. The summed E-state index contributed by atoms with van der Waals surface area (Å²) in [6, 6.07) is 0. The van der Waals surface area contributed by atoms with Crippen LogP contribution in [-0.2, 0) is 0 Å². The predicted molar refractivity (Wildman–Crippen MR) is 122 cm³/mol. The molecule has 0 aromatic heterocycles. The highest BCUT2D eigenvalue weighted by molar-refractivity contribution is 6.79. The minimum absolute atomic E-state index is 1.33. The molecule has 0 aliphatic carbocycles. The standard InChI is InChI=1S/4C6H13.Al/c4*1-3-5-6-4-2;/h4*1,3-6H2,2H3;/q;;;;-1. The maximum Gasteiger partial charge on any atom is 0.134 e. The highest BCUT2D eigenvalue weighted by atomic mass is 27.2. The number of unbranched alkanes of at least 4 members (excludes halogenated alkanes) is 12. The van der Waals surface area contributed by atoms with Gasteiger partial charge in [-0.15, -0.1) is 0 Å². The van der Waals surface area contributed by atoms with E-state index < -0.39 is 13.1 Å². The van der Waals surface area contributed by atoms with Crippen LogP contribution in [0.1, 0.15) is 130 Å². The van der Waals surface area contributed by atoms with Crippen LogP contribution in [0.4, 0.5) is 0 Å². The summed E-state index contributed by atoms with van der Waals surface area (Å²) in [7, 11) is 0. The lowest BCUT2D eigenvalue weighted by Crippen LogP contribution is -2.34. The summed E-state index contributed by atoms with van der Waals surface area (Å²) in [5.74, 6) is 0. The molecule has 0 aliphatic rings. The van der Waals surface area contributed by atoms with Crippen LogP contribution in [0.2, 0.25) is 21.1 Å². The fourth-order valence-corrected chi connectivity index (χ4v) is 11.2. The lowest BCUT2D eigenvalue weighted by molar-refractivity contribution is 0.649. The lowest BCUT2D eigenvalue weighted by atomic mass is 10.2. The van der Waals surface area contributed by atoms with Crippen molar-refractivity contribution in [2.45, 2.75) is 152 Å². The molecule has 0 amide bonds. The van der Waals surface area contributed by atoms with Gasteiger partial charge in [0.05, 0.1) is 0 Å². The van der Waals surface area contributed by atoms with Gasteiger partial charge in [0.25, 0.3) is 0 Å². The van der Waals surface area contributed by atoms with E-state index in [9.17, 15) is 0 Å². The Labute approximate surface area is 164 Å². The van der Waals surface area contributed by atoms with Gasteiger partial charge in [-0.2, -0.15) is 21.1 Å². The topological polar surface area (TPSA) is 0 Å². The van der Waals surface area contributed by atoms with Crippen LogP contribution in [0, 0.1) is 0 Å². The van der Waals surface area contributed by atoms with Gasteiger partial charge in [0, 0.05) is 0 Å². The summed E-state index contributed by atoms with van der Waals surface area (Å²) in [6.07, 6.45) is 23.7. The molecule has 1 heteroatoms. The van der Waals surface area contributed by atoms with Crippen LogP contribution in [0.5, 0.6) is 0 Å². The van der Waals surface area contributed by atoms with Gasteiger partial charge in [0.15, 0.2) is 0 Å². The summed E-state index contributed by atoms with van der Waals surface area (Å²) >= 11 is -1.33. The summed E-state index contributed by atoms with van der Waals surface area (Å²) in [4.78, 5) is 0. The molecule has 0 atom stereocenters. The van der Waals surface area contributed by atoms with Crippen LogP contribution in [0.25, 0.3) is 0 Å². The molecule has 0 heterocycles. The van der Waals surface area contributed by atoms with E-state index in [2.05, 4.69) is 27.7 Å². The molecule has 0 N–H and O–H groups in total. The maximum absolute atomic E-state index is 2.35. The SMILES string of the molecule is CCCCC[CH2][Al-]([CH2]CCCCC)([CH2]CCCCC)[CH2]CCCCC. The highest BCUT2D eigenvalue weighted by Gasteiger charge is 2.27. The van der Waals surface area contributed by atoms with E-state index >= 15 is 0 Å². The van der Waals surface area contributed by atoms with Gasteiger partial charge < -0.3 is 0 Å². The van der Waals surface area contributed by atoms with E-state index in [0.717, 1.165) is 0 Å². The largest absolute Gasteiger partial charge is 0.191 e. The summed E-state index contributed by atoms with van der Waals surface area (Å²) in [6.45, 7) is 9.42. The van der Waals surface area contributed by atoms with Crippen LogP contribution < -0.4 is 0 Å². The molecule has 25 heavy (non-hydrogen) atoms. The third-order valence-corrected chi connectivity index (χ3v) is 13.2. The molecule has 0 aliphatic heterocycles. The Kier molecular flexibility index (Phi) is 19.7. The highest BCUT2D eigenvalue weighted by Crippen LogP contribution is 2.35. The van der Waals surface area contributed by atoms with E-state index in [1.807, 2.05) is 0 Å². The minimum atomic E-state index is -1.33. The van der Waals surface area contributed by atoms with E-state index in [1.54, 1.807) is 46.8 Å². The molecule has 0 rings (SSSR count). The average Bonchev–Trinajstić information content (AvgIpc) is 2.63. The van der Waals surface area contributed by atoms with Gasteiger partial charge in [0.2, 0.25) is 0 Å². The van der Waals surface area contributed by atoms with Crippen molar-refractivity contribution in [2.75, 3.05) is 0 Å². The molecule has 0 saturated carbocycles. The molecule has 0 spiro atoms. The second-order valence-electron chi connectivity index (χ2n) is 9.13. The fourth-order valence-electron chi connectivity index (χ4n) is 4.88. The smallest absolute Gasteiger partial charge is 0.134 e. The normalized spacial score (nSPS) is 12.0. The van der Waals surface area contributed by atoms with E-state index in [1.165, 1.54) is 77.0 Å². The monoisotopic (exact) mass is 367 g/mol. The molecule has 0 radical (unpaired) electrons. The number of hydrogen-bond donors (Lipinski definition) is 0. The van der Waals surface area contributed by atoms with E-state index in [-0.39, 0.29) is 0 Å². The van der Waals surface area contributed by atoms with Gasteiger partial charge in [-0.25, -0.2) is 0 Å². The van der Waals surface area contributed by atoms with Crippen molar-refractivity contribution >= 4 is 13.1 Å².